The highest BCUT2D eigenvalue weighted by Crippen LogP contribution is 2.41. The molecule has 4 rings (SSSR count). The molecule has 0 radical (unpaired) electrons. The van der Waals surface area contributed by atoms with Crippen molar-refractivity contribution in [2.45, 2.75) is 32.1 Å². The predicted octanol–water partition coefficient (Wildman–Crippen LogP) is 3.96. The molecule has 0 spiro atoms. The first-order valence-corrected chi connectivity index (χ1v) is 8.62. The number of amides is 1. The van der Waals surface area contributed by atoms with Crippen LogP contribution in [-0.4, -0.2) is 25.1 Å². The van der Waals surface area contributed by atoms with Gasteiger partial charge in [0.1, 0.15) is 0 Å². The van der Waals surface area contributed by atoms with Gasteiger partial charge in [-0.15, -0.1) is 0 Å². The number of H-pyrrole nitrogens is 1. The van der Waals surface area contributed by atoms with Gasteiger partial charge in [0.25, 0.3) is 5.91 Å². The smallest absolute Gasteiger partial charge is 0.256 e. The van der Waals surface area contributed by atoms with Crippen molar-refractivity contribution in [3.05, 3.63) is 40.7 Å². The third kappa shape index (κ3) is 2.60. The molecule has 1 aromatic heterocycles. The number of ether oxygens (including phenoxy) is 2. The summed E-state index contributed by atoms with van der Waals surface area (Å²) >= 11 is 0. The van der Waals surface area contributed by atoms with Gasteiger partial charge in [0, 0.05) is 23.0 Å². The van der Waals surface area contributed by atoms with Crippen molar-refractivity contribution in [2.75, 3.05) is 19.5 Å². The number of rotatable bonds is 3. The fraction of sp³-hybridized carbons (Fsp3) is 0.350. The minimum absolute atomic E-state index is 0.106. The molecule has 5 heteroatoms. The molecule has 5 nitrogen and oxygen atoms in total. The standard InChI is InChI=1S/C20H22N2O3/c1-11-5-4-6-16-13(11)7-12(21-16)8-15-14-9-18(24-2)19(25-3)10-17(14)22-20(15)23/h7-11,21H,4-6H2,1-3H3,(H,22,23). The van der Waals surface area contributed by atoms with Gasteiger partial charge in [-0.2, -0.15) is 0 Å². The van der Waals surface area contributed by atoms with Crippen molar-refractivity contribution in [1.82, 2.24) is 4.98 Å². The average molecular weight is 338 g/mol. The minimum atomic E-state index is -0.106. The summed E-state index contributed by atoms with van der Waals surface area (Å²) in [6, 6.07) is 5.83. The Hall–Kier alpha value is -2.69. The third-order valence-electron chi connectivity index (χ3n) is 5.16. The van der Waals surface area contributed by atoms with E-state index >= 15 is 0 Å². The number of hydrogen-bond acceptors (Lipinski definition) is 3. The average Bonchev–Trinajstić information content (AvgIpc) is 3.15. The predicted molar refractivity (Wildman–Crippen MR) is 98.2 cm³/mol. The summed E-state index contributed by atoms with van der Waals surface area (Å²) in [6.07, 6.45) is 5.45. The zero-order chi connectivity index (χ0) is 17.6. The van der Waals surface area contributed by atoms with E-state index in [0.29, 0.717) is 23.0 Å². The fourth-order valence-corrected chi connectivity index (χ4v) is 3.82. The molecular weight excluding hydrogens is 316 g/mol. The van der Waals surface area contributed by atoms with E-state index in [9.17, 15) is 4.79 Å². The van der Waals surface area contributed by atoms with Crippen LogP contribution in [0.25, 0.3) is 11.6 Å². The topological polar surface area (TPSA) is 63.4 Å². The van der Waals surface area contributed by atoms with Crippen molar-refractivity contribution >= 4 is 23.2 Å². The van der Waals surface area contributed by atoms with Gasteiger partial charge in [0.05, 0.1) is 25.5 Å². The van der Waals surface area contributed by atoms with Gasteiger partial charge in [-0.1, -0.05) is 6.92 Å². The van der Waals surface area contributed by atoms with E-state index in [1.807, 2.05) is 12.1 Å². The first-order valence-electron chi connectivity index (χ1n) is 8.62. The number of nitrogens with one attached hydrogen (secondary N) is 2. The normalized spacial score (nSPS) is 20.2. The van der Waals surface area contributed by atoms with Gasteiger partial charge >= 0.3 is 0 Å². The van der Waals surface area contributed by atoms with Gasteiger partial charge in [0.2, 0.25) is 0 Å². The molecule has 0 saturated heterocycles. The summed E-state index contributed by atoms with van der Waals surface area (Å²) in [5, 5.41) is 2.91. The maximum Gasteiger partial charge on any atom is 0.256 e. The van der Waals surface area contributed by atoms with Crippen LogP contribution in [0.5, 0.6) is 11.5 Å². The Kier molecular flexibility index (Phi) is 3.79. The second kappa shape index (κ2) is 5.99. The van der Waals surface area contributed by atoms with Gasteiger partial charge in [-0.3, -0.25) is 4.79 Å². The molecule has 2 N–H and O–H groups in total. The molecule has 25 heavy (non-hydrogen) atoms. The largest absolute Gasteiger partial charge is 0.493 e. The first-order chi connectivity index (χ1) is 12.1. The lowest BCUT2D eigenvalue weighted by Gasteiger charge is -2.17. The van der Waals surface area contributed by atoms with Crippen LogP contribution in [0.15, 0.2) is 18.2 Å². The van der Waals surface area contributed by atoms with Crippen molar-refractivity contribution in [3.63, 3.8) is 0 Å². The number of aromatic nitrogens is 1. The molecular formula is C20H22N2O3. The van der Waals surface area contributed by atoms with E-state index < -0.39 is 0 Å². The van der Waals surface area contributed by atoms with Crippen LogP contribution in [0.1, 0.15) is 48.2 Å². The van der Waals surface area contributed by atoms with Crippen LogP contribution in [0.4, 0.5) is 5.69 Å². The molecule has 0 bridgehead atoms. The van der Waals surface area contributed by atoms with Gasteiger partial charge < -0.3 is 19.8 Å². The number of anilines is 1. The SMILES string of the molecule is COc1cc2c(cc1OC)C(=Cc1cc3c([nH]1)CCCC3C)C(=O)N2. The van der Waals surface area contributed by atoms with Gasteiger partial charge in [-0.05, 0) is 49.0 Å². The van der Waals surface area contributed by atoms with Crippen LogP contribution in [0, 0.1) is 0 Å². The van der Waals surface area contributed by atoms with Crippen LogP contribution in [0.3, 0.4) is 0 Å². The van der Waals surface area contributed by atoms with Crippen molar-refractivity contribution < 1.29 is 14.3 Å². The lowest BCUT2D eigenvalue weighted by atomic mass is 9.88. The molecule has 0 saturated carbocycles. The number of carbonyl (C=O) groups is 1. The lowest BCUT2D eigenvalue weighted by Crippen LogP contribution is -2.04. The Labute approximate surface area is 147 Å². The third-order valence-corrected chi connectivity index (χ3v) is 5.16. The van der Waals surface area contributed by atoms with E-state index in [1.54, 1.807) is 20.3 Å². The van der Waals surface area contributed by atoms with Crippen molar-refractivity contribution in [1.29, 1.82) is 0 Å². The second-order valence-electron chi connectivity index (χ2n) is 6.72. The molecule has 1 unspecified atom stereocenters. The molecule has 1 atom stereocenters. The zero-order valence-corrected chi connectivity index (χ0v) is 14.7. The van der Waals surface area contributed by atoms with Crippen LogP contribution >= 0.6 is 0 Å². The Morgan fingerprint density at radius 2 is 1.92 bits per heavy atom. The molecule has 1 aliphatic heterocycles. The van der Waals surface area contributed by atoms with Gasteiger partial charge in [0.15, 0.2) is 11.5 Å². The van der Waals surface area contributed by atoms with Crippen LogP contribution < -0.4 is 14.8 Å². The van der Waals surface area contributed by atoms with E-state index in [0.717, 1.165) is 23.4 Å². The van der Waals surface area contributed by atoms with E-state index in [1.165, 1.54) is 24.1 Å². The first kappa shape index (κ1) is 15.8. The highest BCUT2D eigenvalue weighted by atomic mass is 16.5. The zero-order valence-electron chi connectivity index (χ0n) is 14.7. The Morgan fingerprint density at radius 1 is 1.16 bits per heavy atom. The number of methoxy groups -OCH3 is 2. The van der Waals surface area contributed by atoms with Crippen molar-refractivity contribution in [3.8, 4) is 11.5 Å². The summed E-state index contributed by atoms with van der Waals surface area (Å²) in [5.74, 6) is 1.68. The van der Waals surface area contributed by atoms with Crippen LogP contribution in [0.2, 0.25) is 0 Å². The van der Waals surface area contributed by atoms with E-state index in [2.05, 4.69) is 23.3 Å². The number of fused-ring (bicyclic) bond motifs is 2. The van der Waals surface area contributed by atoms with E-state index in [-0.39, 0.29) is 5.91 Å². The Balaban J connectivity index is 1.77. The molecule has 2 heterocycles. The van der Waals surface area contributed by atoms with E-state index in [4.69, 9.17) is 9.47 Å². The second-order valence-corrected chi connectivity index (χ2v) is 6.72. The number of benzene rings is 1. The Morgan fingerprint density at radius 3 is 2.64 bits per heavy atom. The highest BCUT2D eigenvalue weighted by Gasteiger charge is 2.27. The quantitative estimate of drug-likeness (QED) is 0.833. The maximum absolute atomic E-state index is 12.5. The molecule has 1 amide bonds. The Bertz CT molecular complexity index is 879. The van der Waals surface area contributed by atoms with Crippen molar-refractivity contribution in [2.24, 2.45) is 0 Å². The highest BCUT2D eigenvalue weighted by molar-refractivity contribution is 6.35. The number of carbonyl (C=O) groups excluding carboxylic acids is 1. The van der Waals surface area contributed by atoms with Crippen LogP contribution in [-0.2, 0) is 11.2 Å². The fourth-order valence-electron chi connectivity index (χ4n) is 3.82. The van der Waals surface area contributed by atoms with Gasteiger partial charge in [-0.25, -0.2) is 0 Å². The number of aryl methyl sites for hydroxylation is 1. The molecule has 0 fully saturated rings. The number of aromatic amines is 1. The molecule has 2 aromatic rings. The summed E-state index contributed by atoms with van der Waals surface area (Å²) < 4.78 is 10.7. The monoisotopic (exact) mass is 338 g/mol. The summed E-state index contributed by atoms with van der Waals surface area (Å²) in [6.45, 7) is 2.26. The molecule has 1 aliphatic carbocycles. The maximum atomic E-state index is 12.5. The molecule has 130 valence electrons. The molecule has 2 aliphatic rings. The summed E-state index contributed by atoms with van der Waals surface area (Å²) in [7, 11) is 3.18. The lowest BCUT2D eigenvalue weighted by molar-refractivity contribution is -0.110. The summed E-state index contributed by atoms with van der Waals surface area (Å²) in [5.41, 5.74) is 5.89. The number of hydrogen-bond donors (Lipinski definition) is 2. The summed E-state index contributed by atoms with van der Waals surface area (Å²) in [4.78, 5) is 15.9. The minimum Gasteiger partial charge on any atom is -0.493 e. The molecule has 1 aromatic carbocycles.